The summed E-state index contributed by atoms with van der Waals surface area (Å²) in [7, 11) is 0. The second kappa shape index (κ2) is 6.00. The van der Waals surface area contributed by atoms with Gasteiger partial charge in [-0.25, -0.2) is 4.79 Å². The van der Waals surface area contributed by atoms with Crippen molar-refractivity contribution < 1.29 is 14.7 Å². The average Bonchev–Trinajstić information content (AvgIpc) is 2.39. The maximum absolute atomic E-state index is 12.0. The summed E-state index contributed by atoms with van der Waals surface area (Å²) in [5, 5.41) is 11.5. The van der Waals surface area contributed by atoms with Crippen LogP contribution in [0.1, 0.15) is 48.9 Å². The first-order valence-corrected chi connectivity index (χ1v) is 6.76. The summed E-state index contributed by atoms with van der Waals surface area (Å²) < 4.78 is 0. The standard InChI is InChI=1S/C14H19N3O3/c15-14(4-2-1-3-5-14)7-12(18)17-11-6-10(13(19)20)8-16-9-11/h6,8-9H,1-5,7,15H2,(H,17,18)(H,19,20). The highest BCUT2D eigenvalue weighted by Crippen LogP contribution is 2.28. The number of amides is 1. The van der Waals surface area contributed by atoms with E-state index in [1.54, 1.807) is 0 Å². The molecule has 0 radical (unpaired) electrons. The second-order valence-electron chi connectivity index (χ2n) is 5.42. The number of nitrogens with zero attached hydrogens (tertiary/aromatic N) is 1. The van der Waals surface area contributed by atoms with Crippen LogP contribution in [0.15, 0.2) is 18.5 Å². The van der Waals surface area contributed by atoms with Crippen LogP contribution >= 0.6 is 0 Å². The highest BCUT2D eigenvalue weighted by atomic mass is 16.4. The Balaban J connectivity index is 1.97. The maximum Gasteiger partial charge on any atom is 0.337 e. The van der Waals surface area contributed by atoms with Crippen molar-refractivity contribution in [2.75, 3.05) is 5.32 Å². The van der Waals surface area contributed by atoms with Crippen molar-refractivity contribution in [2.24, 2.45) is 5.73 Å². The third kappa shape index (κ3) is 3.77. The highest BCUT2D eigenvalue weighted by Gasteiger charge is 2.30. The van der Waals surface area contributed by atoms with Crippen LogP contribution < -0.4 is 11.1 Å². The number of hydrogen-bond donors (Lipinski definition) is 3. The van der Waals surface area contributed by atoms with Gasteiger partial charge in [0.05, 0.1) is 17.4 Å². The topological polar surface area (TPSA) is 105 Å². The average molecular weight is 277 g/mol. The fourth-order valence-electron chi connectivity index (χ4n) is 2.58. The third-order valence-corrected chi connectivity index (χ3v) is 3.63. The van der Waals surface area contributed by atoms with Gasteiger partial charge in [0.2, 0.25) is 5.91 Å². The van der Waals surface area contributed by atoms with Crippen molar-refractivity contribution in [3.8, 4) is 0 Å². The van der Waals surface area contributed by atoms with Crippen molar-refractivity contribution in [3.05, 3.63) is 24.0 Å². The van der Waals surface area contributed by atoms with E-state index in [4.69, 9.17) is 10.8 Å². The maximum atomic E-state index is 12.0. The van der Waals surface area contributed by atoms with E-state index in [1.165, 1.54) is 24.9 Å². The lowest BCUT2D eigenvalue weighted by molar-refractivity contribution is -0.117. The van der Waals surface area contributed by atoms with Crippen LogP contribution in [0.3, 0.4) is 0 Å². The van der Waals surface area contributed by atoms with Crippen molar-refractivity contribution >= 4 is 17.6 Å². The minimum absolute atomic E-state index is 0.0444. The number of aromatic carboxylic acids is 1. The van der Waals surface area contributed by atoms with Crippen LogP contribution in [0.4, 0.5) is 5.69 Å². The van der Waals surface area contributed by atoms with Gasteiger partial charge in [-0.1, -0.05) is 19.3 Å². The summed E-state index contributed by atoms with van der Waals surface area (Å²) in [6.07, 6.45) is 7.91. The summed E-state index contributed by atoms with van der Waals surface area (Å²) >= 11 is 0. The van der Waals surface area contributed by atoms with Gasteiger partial charge in [0, 0.05) is 18.2 Å². The zero-order valence-corrected chi connectivity index (χ0v) is 11.3. The Morgan fingerprint density at radius 1 is 1.30 bits per heavy atom. The van der Waals surface area contributed by atoms with Gasteiger partial charge in [-0.05, 0) is 18.9 Å². The summed E-state index contributed by atoms with van der Waals surface area (Å²) in [6.45, 7) is 0. The Morgan fingerprint density at radius 3 is 2.65 bits per heavy atom. The van der Waals surface area contributed by atoms with E-state index in [0.717, 1.165) is 25.7 Å². The molecule has 20 heavy (non-hydrogen) atoms. The summed E-state index contributed by atoms with van der Waals surface area (Å²) in [6, 6.07) is 1.39. The Morgan fingerprint density at radius 2 is 2.00 bits per heavy atom. The van der Waals surface area contributed by atoms with Gasteiger partial charge in [-0.2, -0.15) is 0 Å². The first-order chi connectivity index (χ1) is 9.48. The fraction of sp³-hybridized carbons (Fsp3) is 0.500. The molecule has 1 fully saturated rings. The van der Waals surface area contributed by atoms with E-state index in [0.29, 0.717) is 5.69 Å². The predicted octanol–water partition coefficient (Wildman–Crippen LogP) is 1.77. The number of carbonyl (C=O) groups is 2. The summed E-state index contributed by atoms with van der Waals surface area (Å²) in [5.74, 6) is -1.27. The van der Waals surface area contributed by atoms with Gasteiger partial charge in [0.25, 0.3) is 0 Å². The number of hydrogen-bond acceptors (Lipinski definition) is 4. The van der Waals surface area contributed by atoms with Crippen molar-refractivity contribution in [3.63, 3.8) is 0 Å². The Kier molecular flexibility index (Phi) is 4.34. The summed E-state index contributed by atoms with van der Waals surface area (Å²) in [4.78, 5) is 26.6. The molecule has 108 valence electrons. The van der Waals surface area contributed by atoms with Crippen LogP contribution in [0.25, 0.3) is 0 Å². The molecule has 0 aromatic carbocycles. The molecule has 6 nitrogen and oxygen atoms in total. The molecule has 0 unspecified atom stereocenters. The molecule has 0 bridgehead atoms. The van der Waals surface area contributed by atoms with Gasteiger partial charge >= 0.3 is 5.97 Å². The number of anilines is 1. The van der Waals surface area contributed by atoms with E-state index in [-0.39, 0.29) is 17.9 Å². The molecule has 0 spiro atoms. The molecule has 0 atom stereocenters. The molecule has 1 saturated carbocycles. The van der Waals surface area contributed by atoms with Gasteiger partial charge in [0.1, 0.15) is 0 Å². The molecule has 0 saturated heterocycles. The van der Waals surface area contributed by atoms with Gasteiger partial charge < -0.3 is 16.2 Å². The lowest BCUT2D eigenvalue weighted by atomic mass is 9.80. The normalized spacial score (nSPS) is 17.4. The first kappa shape index (κ1) is 14.5. The minimum atomic E-state index is -1.07. The Hall–Kier alpha value is -1.95. The number of pyridine rings is 1. The monoisotopic (exact) mass is 277 g/mol. The number of carboxylic acids is 1. The zero-order chi connectivity index (χ0) is 14.6. The summed E-state index contributed by atoms with van der Waals surface area (Å²) in [5.41, 5.74) is 6.22. The molecule has 1 heterocycles. The number of aromatic nitrogens is 1. The highest BCUT2D eigenvalue weighted by molar-refractivity contribution is 5.93. The number of carbonyl (C=O) groups excluding carboxylic acids is 1. The molecule has 1 aliphatic rings. The van der Waals surface area contributed by atoms with Crippen LogP contribution in [-0.4, -0.2) is 27.5 Å². The number of carboxylic acid groups (broad SMARTS) is 1. The Bertz CT molecular complexity index is 510. The van der Waals surface area contributed by atoms with Crippen LogP contribution in [0.5, 0.6) is 0 Å². The van der Waals surface area contributed by atoms with Crippen molar-refractivity contribution in [1.29, 1.82) is 0 Å². The molecule has 2 rings (SSSR count). The molecule has 1 aliphatic carbocycles. The molecule has 1 aromatic heterocycles. The predicted molar refractivity (Wildman–Crippen MR) is 74.4 cm³/mol. The van der Waals surface area contributed by atoms with E-state index >= 15 is 0 Å². The zero-order valence-electron chi connectivity index (χ0n) is 11.3. The second-order valence-corrected chi connectivity index (χ2v) is 5.42. The SMILES string of the molecule is NC1(CC(=O)Nc2cncc(C(=O)O)c2)CCCCC1. The van der Waals surface area contributed by atoms with Crippen molar-refractivity contribution in [1.82, 2.24) is 4.98 Å². The molecule has 1 aromatic rings. The molecule has 4 N–H and O–H groups in total. The lowest BCUT2D eigenvalue weighted by Crippen LogP contribution is -2.44. The van der Waals surface area contributed by atoms with E-state index in [9.17, 15) is 9.59 Å². The van der Waals surface area contributed by atoms with E-state index < -0.39 is 11.5 Å². The number of rotatable bonds is 4. The molecule has 1 amide bonds. The van der Waals surface area contributed by atoms with Gasteiger partial charge in [0.15, 0.2) is 0 Å². The number of nitrogens with one attached hydrogen (secondary N) is 1. The Labute approximate surface area is 117 Å². The quantitative estimate of drug-likeness (QED) is 0.777. The fourth-order valence-corrected chi connectivity index (χ4v) is 2.58. The van der Waals surface area contributed by atoms with Crippen LogP contribution in [0, 0.1) is 0 Å². The lowest BCUT2D eigenvalue weighted by Gasteiger charge is -2.32. The smallest absolute Gasteiger partial charge is 0.337 e. The largest absolute Gasteiger partial charge is 0.478 e. The molecular formula is C14H19N3O3. The number of nitrogens with two attached hydrogens (primary N) is 1. The minimum Gasteiger partial charge on any atom is -0.478 e. The van der Waals surface area contributed by atoms with Crippen LogP contribution in [0.2, 0.25) is 0 Å². The first-order valence-electron chi connectivity index (χ1n) is 6.76. The van der Waals surface area contributed by atoms with Gasteiger partial charge in [-0.3, -0.25) is 9.78 Å². The van der Waals surface area contributed by atoms with Gasteiger partial charge in [-0.15, -0.1) is 0 Å². The third-order valence-electron chi connectivity index (χ3n) is 3.63. The molecule has 6 heteroatoms. The van der Waals surface area contributed by atoms with E-state index in [2.05, 4.69) is 10.3 Å². The van der Waals surface area contributed by atoms with E-state index in [1.807, 2.05) is 0 Å². The molecule has 0 aliphatic heterocycles. The molecular weight excluding hydrogens is 258 g/mol. The van der Waals surface area contributed by atoms with Crippen LogP contribution in [-0.2, 0) is 4.79 Å². The van der Waals surface area contributed by atoms with Crippen molar-refractivity contribution in [2.45, 2.75) is 44.1 Å².